The summed E-state index contributed by atoms with van der Waals surface area (Å²) >= 11 is 0. The van der Waals surface area contributed by atoms with E-state index in [1.807, 2.05) is 43.3 Å². The molecule has 3 amide bonds. The number of hydrogen-bond donors (Lipinski definition) is 1. The van der Waals surface area contributed by atoms with Gasteiger partial charge in [0.05, 0.1) is 11.6 Å². The maximum atomic E-state index is 13.4. The molecule has 3 aliphatic heterocycles. The van der Waals surface area contributed by atoms with Crippen LogP contribution in [0.3, 0.4) is 0 Å². The largest absolute Gasteiger partial charge is 0.333 e. The van der Waals surface area contributed by atoms with Crippen LogP contribution in [-0.2, 0) is 24.8 Å². The number of rotatable bonds is 3. The molecular formula is C21H18N2O4. The molecule has 2 bridgehead atoms. The number of anilines is 1. The summed E-state index contributed by atoms with van der Waals surface area (Å²) in [5.74, 6) is -2.65. The number of fused-ring (bicyclic) bond motifs is 5. The molecule has 1 N–H and O–H groups in total. The van der Waals surface area contributed by atoms with Crippen LogP contribution in [0.2, 0.25) is 0 Å². The molecule has 3 heterocycles. The first-order chi connectivity index (χ1) is 13.0. The molecule has 2 aromatic rings. The smallest absolute Gasteiger partial charge is 0.255 e. The molecule has 0 spiro atoms. The van der Waals surface area contributed by atoms with E-state index in [2.05, 4.69) is 5.32 Å². The maximum absolute atomic E-state index is 13.4. The van der Waals surface area contributed by atoms with Crippen molar-refractivity contribution >= 4 is 23.4 Å². The quantitative estimate of drug-likeness (QED) is 0.847. The zero-order valence-electron chi connectivity index (χ0n) is 14.7. The Morgan fingerprint density at radius 2 is 1.52 bits per heavy atom. The van der Waals surface area contributed by atoms with Gasteiger partial charge in [-0.3, -0.25) is 14.4 Å². The fourth-order valence-electron chi connectivity index (χ4n) is 4.81. The maximum Gasteiger partial charge on any atom is 0.255 e. The molecule has 0 unspecified atom stereocenters. The number of imide groups is 1. The third-order valence-electron chi connectivity index (χ3n) is 6.02. The van der Waals surface area contributed by atoms with Gasteiger partial charge in [-0.15, -0.1) is 0 Å². The van der Waals surface area contributed by atoms with Gasteiger partial charge in [0.15, 0.2) is 11.3 Å². The fraction of sp³-hybridized carbons (Fsp3) is 0.286. The van der Waals surface area contributed by atoms with Crippen LogP contribution in [0.25, 0.3) is 0 Å². The first kappa shape index (κ1) is 16.2. The van der Waals surface area contributed by atoms with E-state index in [1.54, 1.807) is 24.3 Å². The standard InChI is InChI=1S/C21H18N2O4/c1-2-20-15-16(18(25)23(17(15)24)14-11-7-4-8-12-14)21(27-20,22-19(20)26)13-9-5-3-6-10-13/h3-12,15-16H,2H2,1H3,(H,22,26)/t15-,16+,20-,21+/m1/s1. The van der Waals surface area contributed by atoms with Crippen molar-refractivity contribution in [2.24, 2.45) is 11.8 Å². The van der Waals surface area contributed by atoms with E-state index in [-0.39, 0.29) is 17.7 Å². The molecule has 27 heavy (non-hydrogen) atoms. The van der Waals surface area contributed by atoms with Crippen molar-refractivity contribution in [3.05, 3.63) is 66.2 Å². The minimum Gasteiger partial charge on any atom is -0.333 e. The van der Waals surface area contributed by atoms with Crippen LogP contribution in [0.15, 0.2) is 60.7 Å². The average molecular weight is 362 g/mol. The Kier molecular flexibility index (Phi) is 3.16. The molecule has 0 aliphatic carbocycles. The van der Waals surface area contributed by atoms with E-state index in [0.717, 1.165) is 0 Å². The second-order valence-corrected chi connectivity index (χ2v) is 7.20. The van der Waals surface area contributed by atoms with Crippen molar-refractivity contribution in [3.63, 3.8) is 0 Å². The first-order valence-electron chi connectivity index (χ1n) is 9.06. The van der Waals surface area contributed by atoms with Crippen LogP contribution in [0.1, 0.15) is 18.9 Å². The van der Waals surface area contributed by atoms with Crippen molar-refractivity contribution in [1.82, 2.24) is 5.32 Å². The molecule has 2 aromatic carbocycles. The Morgan fingerprint density at radius 1 is 0.926 bits per heavy atom. The number of piperidine rings is 1. The van der Waals surface area contributed by atoms with Crippen molar-refractivity contribution < 1.29 is 19.1 Å². The number of amides is 3. The summed E-state index contributed by atoms with van der Waals surface area (Å²) in [6, 6.07) is 18.0. The lowest BCUT2D eigenvalue weighted by molar-refractivity contribution is -0.143. The van der Waals surface area contributed by atoms with E-state index in [9.17, 15) is 14.4 Å². The summed E-state index contributed by atoms with van der Waals surface area (Å²) < 4.78 is 6.26. The lowest BCUT2D eigenvalue weighted by atomic mass is 9.72. The van der Waals surface area contributed by atoms with Gasteiger partial charge in [-0.05, 0) is 18.6 Å². The number of para-hydroxylation sites is 1. The Bertz CT molecular complexity index is 961. The van der Waals surface area contributed by atoms with Crippen molar-refractivity contribution in [2.45, 2.75) is 24.7 Å². The van der Waals surface area contributed by atoms with Gasteiger partial charge in [0, 0.05) is 5.56 Å². The van der Waals surface area contributed by atoms with Crippen molar-refractivity contribution in [1.29, 1.82) is 0 Å². The molecule has 6 nitrogen and oxygen atoms in total. The highest BCUT2D eigenvalue weighted by Gasteiger charge is 2.79. The Balaban J connectivity index is 1.71. The first-order valence-corrected chi connectivity index (χ1v) is 9.06. The van der Waals surface area contributed by atoms with Gasteiger partial charge < -0.3 is 10.1 Å². The van der Waals surface area contributed by atoms with Gasteiger partial charge in [0.1, 0.15) is 5.92 Å². The number of benzene rings is 2. The summed E-state index contributed by atoms with van der Waals surface area (Å²) in [6.07, 6.45) is 0.316. The Labute approximate surface area is 156 Å². The fourth-order valence-corrected chi connectivity index (χ4v) is 4.81. The molecule has 5 rings (SSSR count). The Morgan fingerprint density at radius 3 is 2.15 bits per heavy atom. The molecular weight excluding hydrogens is 344 g/mol. The van der Waals surface area contributed by atoms with Crippen LogP contribution in [0.5, 0.6) is 0 Å². The van der Waals surface area contributed by atoms with Crippen LogP contribution in [0, 0.1) is 11.8 Å². The summed E-state index contributed by atoms with van der Waals surface area (Å²) in [4.78, 5) is 40.8. The third-order valence-corrected chi connectivity index (χ3v) is 6.02. The lowest BCUT2D eigenvalue weighted by Gasteiger charge is -2.32. The molecule has 3 aliphatic rings. The predicted octanol–water partition coefficient (Wildman–Crippen LogP) is 1.95. The van der Waals surface area contributed by atoms with Gasteiger partial charge in [0.2, 0.25) is 11.8 Å². The van der Waals surface area contributed by atoms with E-state index in [1.165, 1.54) is 4.90 Å². The molecule has 6 heteroatoms. The van der Waals surface area contributed by atoms with Gasteiger partial charge >= 0.3 is 0 Å². The average Bonchev–Trinajstić information content (AvgIpc) is 3.28. The molecule has 4 atom stereocenters. The molecule has 0 saturated carbocycles. The van der Waals surface area contributed by atoms with Crippen LogP contribution < -0.4 is 10.2 Å². The highest BCUT2D eigenvalue weighted by atomic mass is 16.6. The topological polar surface area (TPSA) is 75.7 Å². The summed E-state index contributed by atoms with van der Waals surface area (Å²) in [5, 5.41) is 2.91. The highest BCUT2D eigenvalue weighted by Crippen LogP contribution is 2.60. The molecule has 3 saturated heterocycles. The number of nitrogens with zero attached hydrogens (tertiary/aromatic N) is 1. The summed E-state index contributed by atoms with van der Waals surface area (Å²) in [5.41, 5.74) is -1.44. The second kappa shape index (κ2) is 5.27. The zero-order chi connectivity index (χ0) is 18.8. The lowest BCUT2D eigenvalue weighted by Crippen LogP contribution is -2.56. The van der Waals surface area contributed by atoms with Gasteiger partial charge in [0.25, 0.3) is 5.91 Å². The van der Waals surface area contributed by atoms with Crippen LogP contribution >= 0.6 is 0 Å². The molecule has 0 radical (unpaired) electrons. The van der Waals surface area contributed by atoms with Gasteiger partial charge in [-0.1, -0.05) is 55.5 Å². The minimum atomic E-state index is -1.32. The SMILES string of the molecule is CC[C@]12O[C@](c3ccccc3)(NC1=O)[C@@H]1C(=O)N(c3ccccc3)C(=O)[C@@H]12. The molecule has 3 fully saturated rings. The Hall–Kier alpha value is -2.99. The van der Waals surface area contributed by atoms with Crippen molar-refractivity contribution in [3.8, 4) is 0 Å². The van der Waals surface area contributed by atoms with E-state index in [0.29, 0.717) is 17.7 Å². The minimum absolute atomic E-state index is 0.316. The number of hydrogen-bond acceptors (Lipinski definition) is 4. The van der Waals surface area contributed by atoms with Crippen molar-refractivity contribution in [2.75, 3.05) is 4.90 Å². The number of ether oxygens (including phenoxy) is 1. The summed E-state index contributed by atoms with van der Waals surface area (Å²) in [7, 11) is 0. The monoisotopic (exact) mass is 362 g/mol. The second-order valence-electron chi connectivity index (χ2n) is 7.20. The highest BCUT2D eigenvalue weighted by molar-refractivity contribution is 6.25. The van der Waals surface area contributed by atoms with Crippen LogP contribution in [0.4, 0.5) is 5.69 Å². The summed E-state index contributed by atoms with van der Waals surface area (Å²) in [6.45, 7) is 1.81. The number of nitrogens with one attached hydrogen (secondary N) is 1. The van der Waals surface area contributed by atoms with E-state index >= 15 is 0 Å². The van der Waals surface area contributed by atoms with E-state index in [4.69, 9.17) is 4.74 Å². The molecule has 0 aromatic heterocycles. The zero-order valence-corrected chi connectivity index (χ0v) is 14.7. The molecule has 136 valence electrons. The number of carbonyl (C=O) groups is 3. The van der Waals surface area contributed by atoms with E-state index < -0.39 is 23.2 Å². The van der Waals surface area contributed by atoms with Gasteiger partial charge in [-0.2, -0.15) is 0 Å². The third kappa shape index (κ3) is 1.81. The van der Waals surface area contributed by atoms with Gasteiger partial charge in [-0.25, -0.2) is 4.90 Å². The normalized spacial score (nSPS) is 34.1. The van der Waals surface area contributed by atoms with Crippen LogP contribution in [-0.4, -0.2) is 23.3 Å². The number of carbonyl (C=O) groups excluding carboxylic acids is 3. The predicted molar refractivity (Wildman–Crippen MR) is 96.3 cm³/mol.